The number of rotatable bonds is 7. The zero-order valence-electron chi connectivity index (χ0n) is 13.6. The number of halogens is 2. The first-order valence-electron chi connectivity index (χ1n) is 7.60. The maximum absolute atomic E-state index is 13.0. The Kier molecular flexibility index (Phi) is 6.91. The summed E-state index contributed by atoms with van der Waals surface area (Å²) in [4.78, 5) is 23.9. The quantitative estimate of drug-likeness (QED) is 0.742. The van der Waals surface area contributed by atoms with Crippen molar-refractivity contribution < 1.29 is 18.7 Å². The Hall–Kier alpha value is -2.44. The van der Waals surface area contributed by atoms with Crippen molar-refractivity contribution >= 4 is 29.1 Å². The Bertz CT molecular complexity index is 750. The summed E-state index contributed by atoms with van der Waals surface area (Å²) >= 11 is 5.87. The average Bonchev–Trinajstić information content (AvgIpc) is 2.56. The summed E-state index contributed by atoms with van der Waals surface area (Å²) in [6.45, 7) is 0.921. The van der Waals surface area contributed by atoms with Gasteiger partial charge in [-0.2, -0.15) is 0 Å². The summed E-state index contributed by atoms with van der Waals surface area (Å²) in [5.74, 6) is -1.04. The van der Waals surface area contributed by atoms with E-state index in [2.05, 4.69) is 10.6 Å². The van der Waals surface area contributed by atoms with E-state index >= 15 is 0 Å². The number of hydrogen-bond donors (Lipinski definition) is 2. The van der Waals surface area contributed by atoms with Gasteiger partial charge >= 0.3 is 0 Å². The second kappa shape index (κ2) is 9.15. The molecular formula is C18H18ClFN2O3. The maximum atomic E-state index is 13.0. The molecule has 2 amide bonds. The third kappa shape index (κ3) is 5.85. The molecular weight excluding hydrogens is 347 g/mol. The number of benzene rings is 2. The van der Waals surface area contributed by atoms with Crippen LogP contribution in [0.2, 0.25) is 5.02 Å². The van der Waals surface area contributed by atoms with Crippen molar-refractivity contribution in [3.05, 3.63) is 64.4 Å². The normalized spacial score (nSPS) is 10.4. The summed E-state index contributed by atoms with van der Waals surface area (Å²) in [6, 6.07) is 10.5. The van der Waals surface area contributed by atoms with Crippen LogP contribution in [-0.2, 0) is 16.0 Å². The minimum Gasteiger partial charge on any atom is -0.383 e. The molecule has 0 aromatic heterocycles. The molecule has 0 spiro atoms. The van der Waals surface area contributed by atoms with Gasteiger partial charge < -0.3 is 15.4 Å². The topological polar surface area (TPSA) is 67.4 Å². The molecule has 0 saturated carbocycles. The summed E-state index contributed by atoms with van der Waals surface area (Å²) < 4.78 is 17.9. The molecule has 0 radical (unpaired) electrons. The molecule has 0 fully saturated rings. The molecule has 0 heterocycles. The van der Waals surface area contributed by atoms with Crippen LogP contribution in [0.3, 0.4) is 0 Å². The molecule has 0 aliphatic rings. The molecule has 2 aromatic rings. The number of carbonyl (C=O) groups excluding carboxylic acids is 2. The predicted molar refractivity (Wildman–Crippen MR) is 94.4 cm³/mol. The van der Waals surface area contributed by atoms with Gasteiger partial charge in [-0.25, -0.2) is 4.39 Å². The summed E-state index contributed by atoms with van der Waals surface area (Å²) in [7, 11) is 1.57. The number of amides is 2. The van der Waals surface area contributed by atoms with E-state index in [0.29, 0.717) is 18.8 Å². The van der Waals surface area contributed by atoms with E-state index < -0.39 is 11.7 Å². The molecule has 0 saturated heterocycles. The van der Waals surface area contributed by atoms with Gasteiger partial charge in [-0.15, -0.1) is 0 Å². The van der Waals surface area contributed by atoms with Gasteiger partial charge in [-0.05, 0) is 35.9 Å². The van der Waals surface area contributed by atoms with Crippen LogP contribution >= 0.6 is 11.6 Å². The fourth-order valence-corrected chi connectivity index (χ4v) is 2.37. The van der Waals surface area contributed by atoms with Crippen LogP contribution in [-0.4, -0.2) is 32.1 Å². The smallest absolute Gasteiger partial charge is 0.257 e. The fourth-order valence-electron chi connectivity index (χ4n) is 2.12. The lowest BCUT2D eigenvalue weighted by Gasteiger charge is -2.08. The van der Waals surface area contributed by atoms with Crippen LogP contribution < -0.4 is 10.6 Å². The summed E-state index contributed by atoms with van der Waals surface area (Å²) in [6.07, 6.45) is 0.238. The molecule has 0 unspecified atom stereocenters. The molecule has 0 bridgehead atoms. The van der Waals surface area contributed by atoms with E-state index in [1.54, 1.807) is 31.4 Å². The molecule has 0 aliphatic carbocycles. The SMILES string of the molecule is COCCNC(=O)Cc1ccc(NC(=O)c2ccc(F)cc2Cl)cc1. The van der Waals surface area contributed by atoms with Crippen molar-refractivity contribution in [2.24, 2.45) is 0 Å². The summed E-state index contributed by atoms with van der Waals surface area (Å²) in [5.41, 5.74) is 1.55. The number of ether oxygens (including phenoxy) is 1. The van der Waals surface area contributed by atoms with E-state index in [1.807, 2.05) is 0 Å². The van der Waals surface area contributed by atoms with Crippen molar-refractivity contribution in [3.63, 3.8) is 0 Å². The van der Waals surface area contributed by atoms with E-state index in [9.17, 15) is 14.0 Å². The third-order valence-electron chi connectivity index (χ3n) is 3.38. The monoisotopic (exact) mass is 364 g/mol. The van der Waals surface area contributed by atoms with E-state index in [4.69, 9.17) is 16.3 Å². The van der Waals surface area contributed by atoms with Crippen molar-refractivity contribution in [1.29, 1.82) is 0 Å². The Labute approximate surface area is 150 Å². The van der Waals surface area contributed by atoms with Gasteiger partial charge in [0.1, 0.15) is 5.82 Å². The molecule has 25 heavy (non-hydrogen) atoms. The predicted octanol–water partition coefficient (Wildman–Crippen LogP) is 3.04. The second-order valence-corrected chi connectivity index (χ2v) is 5.70. The Morgan fingerprint density at radius 1 is 1.16 bits per heavy atom. The van der Waals surface area contributed by atoms with Crippen molar-refractivity contribution in [2.75, 3.05) is 25.6 Å². The first-order valence-corrected chi connectivity index (χ1v) is 7.98. The van der Waals surface area contributed by atoms with E-state index in [1.165, 1.54) is 12.1 Å². The number of methoxy groups -OCH3 is 1. The molecule has 2 N–H and O–H groups in total. The highest BCUT2D eigenvalue weighted by molar-refractivity contribution is 6.34. The molecule has 0 aliphatic heterocycles. The van der Waals surface area contributed by atoms with Crippen LogP contribution in [0.4, 0.5) is 10.1 Å². The van der Waals surface area contributed by atoms with Gasteiger partial charge in [0.05, 0.1) is 23.6 Å². The lowest BCUT2D eigenvalue weighted by molar-refractivity contribution is -0.120. The highest BCUT2D eigenvalue weighted by atomic mass is 35.5. The Morgan fingerprint density at radius 3 is 2.52 bits per heavy atom. The van der Waals surface area contributed by atoms with Gasteiger partial charge in [0.15, 0.2) is 0 Å². The zero-order chi connectivity index (χ0) is 18.2. The van der Waals surface area contributed by atoms with Crippen LogP contribution in [0.25, 0.3) is 0 Å². The standard InChI is InChI=1S/C18H18ClFN2O3/c1-25-9-8-21-17(23)10-12-2-5-14(6-3-12)22-18(24)15-7-4-13(20)11-16(15)19/h2-7,11H,8-10H2,1H3,(H,21,23)(H,22,24). The molecule has 2 aromatic carbocycles. The fraction of sp³-hybridized carbons (Fsp3) is 0.222. The average molecular weight is 365 g/mol. The minimum absolute atomic E-state index is 0.0434. The third-order valence-corrected chi connectivity index (χ3v) is 3.69. The van der Waals surface area contributed by atoms with Crippen LogP contribution in [0.5, 0.6) is 0 Å². The van der Waals surface area contributed by atoms with E-state index in [0.717, 1.165) is 11.6 Å². The number of anilines is 1. The van der Waals surface area contributed by atoms with Gasteiger partial charge in [0.2, 0.25) is 5.91 Å². The Balaban J connectivity index is 1.93. The lowest BCUT2D eigenvalue weighted by Crippen LogP contribution is -2.28. The van der Waals surface area contributed by atoms with Crippen molar-refractivity contribution in [3.8, 4) is 0 Å². The molecule has 2 rings (SSSR count). The second-order valence-electron chi connectivity index (χ2n) is 5.29. The highest BCUT2D eigenvalue weighted by Gasteiger charge is 2.11. The van der Waals surface area contributed by atoms with Crippen molar-refractivity contribution in [1.82, 2.24) is 5.32 Å². The highest BCUT2D eigenvalue weighted by Crippen LogP contribution is 2.19. The van der Waals surface area contributed by atoms with E-state index in [-0.39, 0.29) is 22.9 Å². The first kappa shape index (κ1) is 18.9. The maximum Gasteiger partial charge on any atom is 0.257 e. The molecule has 0 atom stereocenters. The zero-order valence-corrected chi connectivity index (χ0v) is 14.4. The number of nitrogens with one attached hydrogen (secondary N) is 2. The number of hydrogen-bond acceptors (Lipinski definition) is 3. The van der Waals surface area contributed by atoms with Gasteiger partial charge in [0.25, 0.3) is 5.91 Å². The van der Waals surface area contributed by atoms with Crippen LogP contribution in [0.15, 0.2) is 42.5 Å². The lowest BCUT2D eigenvalue weighted by atomic mass is 10.1. The van der Waals surface area contributed by atoms with Crippen molar-refractivity contribution in [2.45, 2.75) is 6.42 Å². The van der Waals surface area contributed by atoms with Gasteiger partial charge in [-0.1, -0.05) is 23.7 Å². The summed E-state index contributed by atoms with van der Waals surface area (Å²) in [5, 5.41) is 5.45. The minimum atomic E-state index is -0.505. The molecule has 5 nitrogen and oxygen atoms in total. The first-order chi connectivity index (χ1) is 12.0. The van der Waals surface area contributed by atoms with Gasteiger partial charge in [-0.3, -0.25) is 9.59 Å². The number of carbonyl (C=O) groups is 2. The Morgan fingerprint density at radius 2 is 1.88 bits per heavy atom. The van der Waals surface area contributed by atoms with Crippen LogP contribution in [0, 0.1) is 5.82 Å². The van der Waals surface area contributed by atoms with Gasteiger partial charge in [0, 0.05) is 19.3 Å². The van der Waals surface area contributed by atoms with Crippen LogP contribution in [0.1, 0.15) is 15.9 Å². The molecule has 7 heteroatoms. The molecule has 132 valence electrons. The largest absolute Gasteiger partial charge is 0.383 e.